The lowest BCUT2D eigenvalue weighted by Crippen LogP contribution is -2.45. The van der Waals surface area contributed by atoms with Crippen LogP contribution in [0.2, 0.25) is 0 Å². The number of carbonyl (C=O) groups excluding carboxylic acids is 2. The average molecular weight is 281 g/mol. The molecule has 0 bridgehead atoms. The normalized spacial score (nSPS) is 13.9. The molecule has 1 fully saturated rings. The van der Waals surface area contributed by atoms with E-state index in [0.717, 1.165) is 12.8 Å². The molecular formula is C12H15N3O3S. The molecule has 1 aromatic rings. The Hall–Kier alpha value is -1.89. The van der Waals surface area contributed by atoms with Gasteiger partial charge in [-0.15, -0.1) is 0 Å². The number of hydrogen-bond donors (Lipinski definition) is 2. The fourth-order valence-electron chi connectivity index (χ4n) is 1.70. The largest absolute Gasteiger partial charge is 0.467 e. The molecule has 1 aliphatic rings. The smallest absolute Gasteiger partial charge is 0.312 e. The number of nitrogens with one attached hydrogen (secondary N) is 1. The molecule has 0 aliphatic heterocycles. The molecule has 0 atom stereocenters. The lowest BCUT2D eigenvalue weighted by Gasteiger charge is -2.20. The van der Waals surface area contributed by atoms with E-state index in [1.54, 1.807) is 12.1 Å². The Morgan fingerprint density at radius 1 is 1.53 bits per heavy atom. The van der Waals surface area contributed by atoms with Crippen LogP contribution in [0, 0.1) is 0 Å². The Bertz CT molecular complexity index is 482. The summed E-state index contributed by atoms with van der Waals surface area (Å²) in [6.07, 6.45) is 3.36. The Morgan fingerprint density at radius 3 is 2.79 bits per heavy atom. The third-order valence-corrected chi connectivity index (χ3v) is 2.92. The Morgan fingerprint density at radius 2 is 2.26 bits per heavy atom. The van der Waals surface area contributed by atoms with Crippen LogP contribution in [-0.2, 0) is 16.1 Å². The van der Waals surface area contributed by atoms with Gasteiger partial charge < -0.3 is 20.4 Å². The number of furan rings is 1. The van der Waals surface area contributed by atoms with Crippen LogP contribution >= 0.6 is 12.2 Å². The molecule has 3 N–H and O–H groups in total. The van der Waals surface area contributed by atoms with Crippen molar-refractivity contribution in [3.8, 4) is 0 Å². The number of nitrogens with two attached hydrogens (primary N) is 1. The van der Waals surface area contributed by atoms with Crippen LogP contribution in [0.1, 0.15) is 18.6 Å². The van der Waals surface area contributed by atoms with Crippen molar-refractivity contribution in [2.24, 2.45) is 5.73 Å². The van der Waals surface area contributed by atoms with Crippen LogP contribution in [0.5, 0.6) is 0 Å². The highest BCUT2D eigenvalue weighted by atomic mass is 32.1. The van der Waals surface area contributed by atoms with E-state index in [1.807, 2.05) is 0 Å². The highest BCUT2D eigenvalue weighted by Gasteiger charge is 2.35. The molecule has 2 amide bonds. The topological polar surface area (TPSA) is 88.6 Å². The summed E-state index contributed by atoms with van der Waals surface area (Å²) in [5.74, 6) is -0.608. The van der Waals surface area contributed by atoms with Gasteiger partial charge in [-0.3, -0.25) is 9.59 Å². The second-order valence-corrected chi connectivity index (χ2v) is 4.92. The summed E-state index contributed by atoms with van der Waals surface area (Å²) in [5.41, 5.74) is 5.28. The van der Waals surface area contributed by atoms with E-state index in [9.17, 15) is 9.59 Å². The first-order chi connectivity index (χ1) is 9.08. The molecule has 0 aromatic carbocycles. The van der Waals surface area contributed by atoms with Crippen molar-refractivity contribution in [3.05, 3.63) is 24.2 Å². The minimum absolute atomic E-state index is 0.0269. The van der Waals surface area contributed by atoms with E-state index < -0.39 is 11.8 Å². The first kappa shape index (κ1) is 13.5. The Labute approximate surface area is 115 Å². The SMILES string of the molecule is NC(=S)CNC(=O)C(=O)N(Cc1ccco1)C1CC1. The van der Waals surface area contributed by atoms with Gasteiger partial charge in [0.05, 0.1) is 24.3 Å². The third-order valence-electron chi connectivity index (χ3n) is 2.77. The molecule has 7 heteroatoms. The van der Waals surface area contributed by atoms with E-state index in [-0.39, 0.29) is 17.6 Å². The van der Waals surface area contributed by atoms with Crippen molar-refractivity contribution in [2.75, 3.05) is 6.54 Å². The van der Waals surface area contributed by atoms with Crippen molar-refractivity contribution in [2.45, 2.75) is 25.4 Å². The lowest BCUT2D eigenvalue weighted by molar-refractivity contribution is -0.146. The van der Waals surface area contributed by atoms with Crippen LogP contribution < -0.4 is 11.1 Å². The third kappa shape index (κ3) is 3.78. The fourth-order valence-corrected chi connectivity index (χ4v) is 1.77. The maximum Gasteiger partial charge on any atom is 0.312 e. The lowest BCUT2D eigenvalue weighted by atomic mass is 10.3. The summed E-state index contributed by atoms with van der Waals surface area (Å²) < 4.78 is 5.20. The van der Waals surface area contributed by atoms with Gasteiger partial charge >= 0.3 is 11.8 Å². The molecule has 1 aromatic heterocycles. The highest BCUT2D eigenvalue weighted by Crippen LogP contribution is 2.28. The summed E-state index contributed by atoms with van der Waals surface area (Å²) in [6, 6.07) is 3.64. The van der Waals surface area contributed by atoms with Crippen LogP contribution in [0.15, 0.2) is 22.8 Å². The molecule has 1 heterocycles. The van der Waals surface area contributed by atoms with Gasteiger partial charge in [-0.05, 0) is 25.0 Å². The number of nitrogens with zero attached hydrogens (tertiary/aromatic N) is 1. The predicted octanol–water partition coefficient (Wildman–Crippen LogP) is 0.173. The fraction of sp³-hybridized carbons (Fsp3) is 0.417. The van der Waals surface area contributed by atoms with E-state index >= 15 is 0 Å². The second kappa shape index (κ2) is 5.83. The molecule has 0 radical (unpaired) electrons. The number of rotatable bonds is 5. The molecule has 0 spiro atoms. The van der Waals surface area contributed by atoms with Gasteiger partial charge in [0.15, 0.2) is 0 Å². The van der Waals surface area contributed by atoms with E-state index in [1.165, 1.54) is 11.2 Å². The summed E-state index contributed by atoms with van der Waals surface area (Å²) in [5, 5.41) is 2.40. The van der Waals surface area contributed by atoms with Crippen LogP contribution in [0.4, 0.5) is 0 Å². The second-order valence-electron chi connectivity index (χ2n) is 4.39. The number of carbonyl (C=O) groups is 2. The van der Waals surface area contributed by atoms with Gasteiger partial charge in [-0.1, -0.05) is 12.2 Å². The van der Waals surface area contributed by atoms with E-state index in [0.29, 0.717) is 12.3 Å². The minimum Gasteiger partial charge on any atom is -0.467 e. The number of amides is 2. The van der Waals surface area contributed by atoms with Gasteiger partial charge in [0.2, 0.25) is 0 Å². The molecule has 0 saturated heterocycles. The van der Waals surface area contributed by atoms with Crippen molar-refractivity contribution in [3.63, 3.8) is 0 Å². The molecule has 6 nitrogen and oxygen atoms in total. The van der Waals surface area contributed by atoms with Crippen LogP contribution in [-0.4, -0.2) is 34.3 Å². The van der Waals surface area contributed by atoms with Gasteiger partial charge in [0.25, 0.3) is 0 Å². The Balaban J connectivity index is 1.96. The molecule has 1 aliphatic carbocycles. The monoisotopic (exact) mass is 281 g/mol. The number of thiocarbonyl (C=S) groups is 1. The average Bonchev–Trinajstić information content (AvgIpc) is 3.09. The molecule has 19 heavy (non-hydrogen) atoms. The first-order valence-corrected chi connectivity index (χ1v) is 6.38. The zero-order valence-corrected chi connectivity index (χ0v) is 11.1. The summed E-state index contributed by atoms with van der Waals surface area (Å²) in [7, 11) is 0. The minimum atomic E-state index is -0.689. The molecule has 2 rings (SSSR count). The molecule has 0 unspecified atom stereocenters. The summed E-state index contributed by atoms with van der Waals surface area (Å²) in [4.78, 5) is 25.4. The van der Waals surface area contributed by atoms with E-state index in [2.05, 4.69) is 17.5 Å². The number of hydrogen-bond acceptors (Lipinski definition) is 4. The van der Waals surface area contributed by atoms with Crippen LogP contribution in [0.3, 0.4) is 0 Å². The molecule has 1 saturated carbocycles. The van der Waals surface area contributed by atoms with Gasteiger partial charge in [-0.2, -0.15) is 0 Å². The molecule has 102 valence electrons. The van der Waals surface area contributed by atoms with Gasteiger partial charge in [-0.25, -0.2) is 0 Å². The first-order valence-electron chi connectivity index (χ1n) is 5.97. The highest BCUT2D eigenvalue weighted by molar-refractivity contribution is 7.80. The summed E-state index contributed by atoms with van der Waals surface area (Å²) in [6.45, 7) is 0.330. The van der Waals surface area contributed by atoms with Crippen molar-refractivity contribution in [1.29, 1.82) is 0 Å². The van der Waals surface area contributed by atoms with Crippen molar-refractivity contribution >= 4 is 29.0 Å². The standard InChI is InChI=1S/C12H15N3O3S/c13-10(19)6-14-11(16)12(17)15(8-3-4-8)7-9-2-1-5-18-9/h1-2,5,8H,3-4,6-7H2,(H2,13,19)(H,14,16). The van der Waals surface area contributed by atoms with Crippen molar-refractivity contribution in [1.82, 2.24) is 10.2 Å². The van der Waals surface area contributed by atoms with E-state index in [4.69, 9.17) is 10.2 Å². The van der Waals surface area contributed by atoms with Gasteiger partial charge in [0.1, 0.15) is 5.76 Å². The quantitative estimate of drug-likeness (QED) is 0.593. The predicted molar refractivity (Wildman–Crippen MR) is 72.1 cm³/mol. The molecular weight excluding hydrogens is 266 g/mol. The van der Waals surface area contributed by atoms with Crippen LogP contribution in [0.25, 0.3) is 0 Å². The van der Waals surface area contributed by atoms with Gasteiger partial charge in [0, 0.05) is 6.04 Å². The maximum atomic E-state index is 12.1. The Kier molecular flexibility index (Phi) is 4.16. The zero-order chi connectivity index (χ0) is 13.8. The van der Waals surface area contributed by atoms with Crippen molar-refractivity contribution < 1.29 is 14.0 Å². The maximum absolute atomic E-state index is 12.1. The zero-order valence-electron chi connectivity index (χ0n) is 10.3. The summed E-state index contributed by atoms with van der Waals surface area (Å²) >= 11 is 4.65.